The van der Waals surface area contributed by atoms with Crippen LogP contribution in [0.4, 0.5) is 5.69 Å². The predicted molar refractivity (Wildman–Crippen MR) is 84.9 cm³/mol. The number of aryl methyl sites for hydroxylation is 2. The lowest BCUT2D eigenvalue weighted by Crippen LogP contribution is -2.17. The number of H-pyrrole nitrogens is 1. The van der Waals surface area contributed by atoms with Gasteiger partial charge in [-0.3, -0.25) is 9.89 Å². The Morgan fingerprint density at radius 2 is 1.95 bits per heavy atom. The van der Waals surface area contributed by atoms with Gasteiger partial charge in [0.15, 0.2) is 0 Å². The molecule has 0 spiro atoms. The molecule has 0 bridgehead atoms. The summed E-state index contributed by atoms with van der Waals surface area (Å²) in [6.07, 6.45) is 0. The fourth-order valence-electron chi connectivity index (χ4n) is 2.28. The second kappa shape index (κ2) is 5.31. The molecule has 0 aliphatic heterocycles. The Balaban J connectivity index is 2.02. The number of anilines is 1. The lowest BCUT2D eigenvalue weighted by Gasteiger charge is -2.02. The number of nitrogens with two attached hydrogens (primary N) is 1. The maximum absolute atomic E-state index is 12.5. The first kappa shape index (κ1) is 14.3. The number of rotatable bonds is 2. The van der Waals surface area contributed by atoms with Crippen molar-refractivity contribution in [2.75, 3.05) is 5.73 Å². The molecule has 7 heteroatoms. The van der Waals surface area contributed by atoms with E-state index in [0.717, 1.165) is 17.0 Å². The topological polar surface area (TPSA) is 89.6 Å². The van der Waals surface area contributed by atoms with Crippen molar-refractivity contribution in [3.8, 4) is 11.3 Å². The molecule has 0 amide bonds. The number of nitrogens with zero attached hydrogens (tertiary/aromatic N) is 3. The number of nitrogen functional groups attached to an aromatic ring is 1. The van der Waals surface area contributed by atoms with E-state index in [2.05, 4.69) is 15.3 Å². The Bertz CT molecular complexity index is 847. The van der Waals surface area contributed by atoms with Crippen molar-refractivity contribution >= 4 is 23.2 Å². The minimum absolute atomic E-state index is 0.219. The van der Waals surface area contributed by atoms with Crippen LogP contribution in [0.15, 0.2) is 30.3 Å². The Kier molecular flexibility index (Phi) is 3.46. The first-order valence-electron chi connectivity index (χ1n) is 6.65. The van der Waals surface area contributed by atoms with Gasteiger partial charge in [0.05, 0.1) is 11.4 Å². The van der Waals surface area contributed by atoms with Crippen LogP contribution in [0, 0.1) is 13.8 Å². The number of halogens is 1. The highest BCUT2D eigenvalue weighted by Crippen LogP contribution is 2.27. The molecule has 112 valence electrons. The van der Waals surface area contributed by atoms with Crippen molar-refractivity contribution in [2.24, 2.45) is 0 Å². The number of carbonyl (C=O) groups excluding carboxylic acids is 1. The molecule has 0 radical (unpaired) electrons. The largest absolute Gasteiger partial charge is 0.395 e. The first-order valence-corrected chi connectivity index (χ1v) is 7.03. The molecule has 0 aliphatic rings. The summed E-state index contributed by atoms with van der Waals surface area (Å²) in [5.41, 5.74) is 9.39. The minimum Gasteiger partial charge on any atom is -0.395 e. The van der Waals surface area contributed by atoms with E-state index in [1.54, 1.807) is 24.3 Å². The number of hydrogen-bond donors (Lipinski definition) is 2. The maximum atomic E-state index is 12.5. The summed E-state index contributed by atoms with van der Waals surface area (Å²) in [4.78, 5) is 12.5. The Morgan fingerprint density at radius 3 is 2.55 bits per heavy atom. The second-order valence-corrected chi connectivity index (χ2v) is 5.45. The van der Waals surface area contributed by atoms with Gasteiger partial charge in [-0.15, -0.1) is 0 Å². The van der Waals surface area contributed by atoms with Crippen LogP contribution in [-0.4, -0.2) is 25.9 Å². The van der Waals surface area contributed by atoms with Crippen LogP contribution < -0.4 is 5.73 Å². The zero-order chi connectivity index (χ0) is 15.9. The molecule has 0 atom stereocenters. The Hall–Kier alpha value is -2.60. The van der Waals surface area contributed by atoms with Crippen molar-refractivity contribution in [1.29, 1.82) is 0 Å². The summed E-state index contributed by atoms with van der Waals surface area (Å²) in [6.45, 7) is 3.64. The van der Waals surface area contributed by atoms with Crippen LogP contribution in [-0.2, 0) is 0 Å². The normalized spacial score (nSPS) is 10.9. The molecule has 3 rings (SSSR count). The highest BCUT2D eigenvalue weighted by atomic mass is 35.5. The lowest BCUT2D eigenvalue weighted by molar-refractivity contribution is 0.0938. The van der Waals surface area contributed by atoms with E-state index in [1.807, 2.05) is 19.9 Å². The SMILES string of the molecule is Cc1cc(C)n(C(=O)c2[nH]nc(-c3ccc(Cl)cc3)c2N)n1. The van der Waals surface area contributed by atoms with Crippen molar-refractivity contribution in [1.82, 2.24) is 20.0 Å². The summed E-state index contributed by atoms with van der Waals surface area (Å²) in [7, 11) is 0. The van der Waals surface area contributed by atoms with E-state index in [1.165, 1.54) is 4.68 Å². The molecule has 3 N–H and O–H groups in total. The molecular formula is C15H14ClN5O. The van der Waals surface area contributed by atoms with E-state index in [-0.39, 0.29) is 11.6 Å². The molecule has 2 heterocycles. The highest BCUT2D eigenvalue weighted by molar-refractivity contribution is 6.30. The molecule has 0 saturated carbocycles. The smallest absolute Gasteiger partial charge is 0.298 e. The molecule has 0 fully saturated rings. The van der Waals surface area contributed by atoms with Gasteiger partial charge in [0.25, 0.3) is 5.91 Å². The standard InChI is InChI=1S/C15H14ClN5O/c1-8-7-9(2)21(20-8)15(22)14-12(17)13(18-19-14)10-3-5-11(16)6-4-10/h3-7H,17H2,1-2H3,(H,18,19). The highest BCUT2D eigenvalue weighted by Gasteiger charge is 2.21. The van der Waals surface area contributed by atoms with Crippen molar-refractivity contribution in [2.45, 2.75) is 13.8 Å². The second-order valence-electron chi connectivity index (χ2n) is 5.01. The number of hydrogen-bond acceptors (Lipinski definition) is 4. The molecule has 0 saturated heterocycles. The molecule has 22 heavy (non-hydrogen) atoms. The van der Waals surface area contributed by atoms with Gasteiger partial charge in [-0.05, 0) is 32.0 Å². The van der Waals surface area contributed by atoms with Gasteiger partial charge in [0.2, 0.25) is 0 Å². The maximum Gasteiger partial charge on any atom is 0.298 e. The average Bonchev–Trinajstić information content (AvgIpc) is 3.02. The van der Waals surface area contributed by atoms with E-state index < -0.39 is 0 Å². The van der Waals surface area contributed by atoms with Gasteiger partial charge in [-0.1, -0.05) is 23.7 Å². The summed E-state index contributed by atoms with van der Waals surface area (Å²) in [5, 5.41) is 11.6. The number of carbonyl (C=O) groups is 1. The van der Waals surface area contributed by atoms with Crippen molar-refractivity contribution in [3.05, 3.63) is 52.4 Å². The zero-order valence-corrected chi connectivity index (χ0v) is 12.8. The van der Waals surface area contributed by atoms with Crippen LogP contribution in [0.5, 0.6) is 0 Å². The van der Waals surface area contributed by atoms with Gasteiger partial charge in [-0.2, -0.15) is 14.9 Å². The van der Waals surface area contributed by atoms with E-state index in [9.17, 15) is 4.79 Å². The number of nitrogens with one attached hydrogen (secondary N) is 1. The molecule has 1 aromatic carbocycles. The fourth-order valence-corrected chi connectivity index (χ4v) is 2.41. The van der Waals surface area contributed by atoms with E-state index in [0.29, 0.717) is 16.4 Å². The van der Waals surface area contributed by atoms with Gasteiger partial charge in [-0.25, -0.2) is 0 Å². The van der Waals surface area contributed by atoms with E-state index in [4.69, 9.17) is 17.3 Å². The molecule has 2 aromatic heterocycles. The van der Waals surface area contributed by atoms with Crippen LogP contribution in [0.1, 0.15) is 21.9 Å². The van der Waals surface area contributed by atoms with Gasteiger partial charge < -0.3 is 5.73 Å². The summed E-state index contributed by atoms with van der Waals surface area (Å²) >= 11 is 5.87. The lowest BCUT2D eigenvalue weighted by atomic mass is 10.1. The third kappa shape index (κ3) is 2.37. The van der Waals surface area contributed by atoms with Crippen molar-refractivity contribution in [3.63, 3.8) is 0 Å². The fraction of sp³-hybridized carbons (Fsp3) is 0.133. The Morgan fingerprint density at radius 1 is 1.27 bits per heavy atom. The predicted octanol–water partition coefficient (Wildman–Crippen LogP) is 2.81. The third-order valence-corrected chi connectivity index (χ3v) is 3.59. The summed E-state index contributed by atoms with van der Waals surface area (Å²) < 4.78 is 1.31. The average molecular weight is 316 g/mol. The van der Waals surface area contributed by atoms with E-state index >= 15 is 0 Å². The number of aromatic amines is 1. The third-order valence-electron chi connectivity index (χ3n) is 3.34. The molecule has 3 aromatic rings. The number of benzene rings is 1. The summed E-state index contributed by atoms with van der Waals surface area (Å²) in [6, 6.07) is 8.91. The quantitative estimate of drug-likeness (QED) is 0.761. The van der Waals surface area contributed by atoms with Gasteiger partial charge in [0.1, 0.15) is 11.4 Å². The molecule has 0 unspecified atom stereocenters. The van der Waals surface area contributed by atoms with Gasteiger partial charge >= 0.3 is 0 Å². The summed E-state index contributed by atoms with van der Waals surface area (Å²) in [5.74, 6) is -0.337. The van der Waals surface area contributed by atoms with Crippen molar-refractivity contribution < 1.29 is 4.79 Å². The van der Waals surface area contributed by atoms with Crippen LogP contribution in [0.2, 0.25) is 5.02 Å². The van der Waals surface area contributed by atoms with Crippen LogP contribution in [0.25, 0.3) is 11.3 Å². The first-order chi connectivity index (χ1) is 10.5. The van der Waals surface area contributed by atoms with Gasteiger partial charge in [0, 0.05) is 16.3 Å². The van der Waals surface area contributed by atoms with Crippen LogP contribution >= 0.6 is 11.6 Å². The Labute approximate surface area is 131 Å². The minimum atomic E-state index is -0.337. The monoisotopic (exact) mass is 315 g/mol. The molecule has 0 aliphatic carbocycles. The zero-order valence-electron chi connectivity index (χ0n) is 12.1. The number of aromatic nitrogens is 4. The molecular weight excluding hydrogens is 302 g/mol. The van der Waals surface area contributed by atoms with Crippen LogP contribution in [0.3, 0.4) is 0 Å². The molecule has 6 nitrogen and oxygen atoms in total.